The number of carbonyl (C=O) groups is 2. The minimum Gasteiger partial charge on any atom is -0.481 e. The lowest BCUT2D eigenvalue weighted by Crippen LogP contribution is -2.15. The molecule has 0 spiro atoms. The van der Waals surface area contributed by atoms with Gasteiger partial charge < -0.3 is 10.4 Å². The van der Waals surface area contributed by atoms with Crippen molar-refractivity contribution < 1.29 is 14.7 Å². The smallest absolute Gasteiger partial charge is 0.310 e. The molecule has 0 saturated carbocycles. The van der Waals surface area contributed by atoms with Gasteiger partial charge in [0.2, 0.25) is 0 Å². The van der Waals surface area contributed by atoms with Gasteiger partial charge in [0.25, 0.3) is 0 Å². The third-order valence-electron chi connectivity index (χ3n) is 1.97. The number of Topliss-reactive ketones (excluding diaryl/α,β-unsaturated/α-hetero) is 1. The first-order chi connectivity index (χ1) is 7.43. The van der Waals surface area contributed by atoms with E-state index in [-0.39, 0.29) is 24.6 Å². The van der Waals surface area contributed by atoms with E-state index < -0.39 is 5.97 Å². The fourth-order valence-electron chi connectivity index (χ4n) is 1.08. The van der Waals surface area contributed by atoms with Gasteiger partial charge in [-0.15, -0.1) is 12.4 Å². The molecular formula is C12H20ClNO3. The number of carboxylic acid groups (broad SMARTS) is 1. The van der Waals surface area contributed by atoms with E-state index >= 15 is 0 Å². The molecule has 0 fully saturated rings. The molecule has 0 atom stereocenters. The predicted molar refractivity (Wildman–Crippen MR) is 70.2 cm³/mol. The van der Waals surface area contributed by atoms with Gasteiger partial charge in [0.15, 0.2) is 0 Å². The average molecular weight is 262 g/mol. The van der Waals surface area contributed by atoms with Crippen LogP contribution in [0.2, 0.25) is 0 Å². The van der Waals surface area contributed by atoms with Crippen LogP contribution in [0.5, 0.6) is 0 Å². The molecule has 1 aliphatic rings. The van der Waals surface area contributed by atoms with Crippen LogP contribution in [0, 0.1) is 5.92 Å². The number of halogens is 1. The van der Waals surface area contributed by atoms with Crippen molar-refractivity contribution in [3.05, 3.63) is 23.9 Å². The lowest BCUT2D eigenvalue weighted by molar-refractivity contribution is -0.139. The van der Waals surface area contributed by atoms with E-state index in [1.807, 2.05) is 6.20 Å². The SMILES string of the molecule is CC(=O)CC(=O)O.CC(C)C1=CC=CNC1.Cl. The molecular weight excluding hydrogens is 242 g/mol. The van der Waals surface area contributed by atoms with Crippen LogP contribution in [0.4, 0.5) is 0 Å². The summed E-state index contributed by atoms with van der Waals surface area (Å²) in [5.74, 6) is -0.692. The molecule has 0 aromatic heterocycles. The number of nitrogens with one attached hydrogen (secondary N) is 1. The molecule has 4 nitrogen and oxygen atoms in total. The van der Waals surface area contributed by atoms with Crippen LogP contribution in [0.25, 0.3) is 0 Å². The summed E-state index contributed by atoms with van der Waals surface area (Å²) < 4.78 is 0. The number of dihydropyridines is 1. The summed E-state index contributed by atoms with van der Waals surface area (Å²) in [6.45, 7) is 6.70. The lowest BCUT2D eigenvalue weighted by Gasteiger charge is -2.13. The van der Waals surface area contributed by atoms with E-state index in [0.29, 0.717) is 5.92 Å². The second kappa shape index (κ2) is 9.90. The maximum absolute atomic E-state index is 9.87. The molecule has 0 bridgehead atoms. The van der Waals surface area contributed by atoms with Crippen LogP contribution in [0.15, 0.2) is 23.9 Å². The van der Waals surface area contributed by atoms with Crippen LogP contribution in [-0.4, -0.2) is 23.4 Å². The molecule has 1 heterocycles. The van der Waals surface area contributed by atoms with Gasteiger partial charge in [0.1, 0.15) is 12.2 Å². The van der Waals surface area contributed by atoms with Crippen molar-refractivity contribution in [2.24, 2.45) is 5.92 Å². The van der Waals surface area contributed by atoms with Crippen LogP contribution < -0.4 is 5.32 Å². The third kappa shape index (κ3) is 11.0. The second-order valence-corrected chi connectivity index (χ2v) is 3.91. The number of hydrogen-bond donors (Lipinski definition) is 2. The van der Waals surface area contributed by atoms with Crippen molar-refractivity contribution >= 4 is 24.2 Å². The standard InChI is InChI=1S/C8H13N.C4H6O3.ClH/c1-7(2)8-4-3-5-9-6-8;1-3(5)2-4(6)7;/h3-5,7,9H,6H2,1-2H3;2H2,1H3,(H,6,7);1H. The summed E-state index contributed by atoms with van der Waals surface area (Å²) in [5, 5.41) is 11.0. The largest absolute Gasteiger partial charge is 0.481 e. The van der Waals surface area contributed by atoms with Crippen LogP contribution >= 0.6 is 12.4 Å². The summed E-state index contributed by atoms with van der Waals surface area (Å²) in [6, 6.07) is 0. The van der Waals surface area contributed by atoms with E-state index in [1.165, 1.54) is 12.5 Å². The maximum atomic E-state index is 9.87. The van der Waals surface area contributed by atoms with Gasteiger partial charge in [-0.3, -0.25) is 9.59 Å². The second-order valence-electron chi connectivity index (χ2n) is 3.91. The number of ketones is 1. The van der Waals surface area contributed by atoms with E-state index in [9.17, 15) is 9.59 Å². The lowest BCUT2D eigenvalue weighted by atomic mass is 10.0. The molecule has 2 N–H and O–H groups in total. The van der Waals surface area contributed by atoms with Gasteiger partial charge in [0.05, 0.1) is 0 Å². The normalized spacial score (nSPS) is 12.6. The summed E-state index contributed by atoms with van der Waals surface area (Å²) in [6.07, 6.45) is 5.85. The molecule has 17 heavy (non-hydrogen) atoms. The first-order valence-corrected chi connectivity index (χ1v) is 5.23. The van der Waals surface area contributed by atoms with Gasteiger partial charge in [0, 0.05) is 6.54 Å². The zero-order valence-corrected chi connectivity index (χ0v) is 11.2. The summed E-state index contributed by atoms with van der Waals surface area (Å²) in [7, 11) is 0. The zero-order chi connectivity index (χ0) is 12.6. The Bertz CT molecular complexity index is 297. The van der Waals surface area contributed by atoms with Crippen molar-refractivity contribution in [2.75, 3.05) is 6.54 Å². The van der Waals surface area contributed by atoms with Gasteiger partial charge in [-0.05, 0) is 30.7 Å². The van der Waals surface area contributed by atoms with Crippen molar-refractivity contribution in [1.29, 1.82) is 0 Å². The molecule has 0 saturated heterocycles. The zero-order valence-electron chi connectivity index (χ0n) is 10.4. The Morgan fingerprint density at radius 3 is 2.24 bits per heavy atom. The van der Waals surface area contributed by atoms with Gasteiger partial charge in [-0.2, -0.15) is 0 Å². The highest BCUT2D eigenvalue weighted by Gasteiger charge is 2.01. The average Bonchev–Trinajstić information content (AvgIpc) is 2.17. The first kappa shape index (κ1) is 18.1. The molecule has 0 unspecified atom stereocenters. The highest BCUT2D eigenvalue weighted by atomic mass is 35.5. The number of rotatable bonds is 3. The van der Waals surface area contributed by atoms with Crippen molar-refractivity contribution in [3.63, 3.8) is 0 Å². The number of carboxylic acids is 1. The highest BCUT2D eigenvalue weighted by molar-refractivity contribution is 5.93. The van der Waals surface area contributed by atoms with E-state index in [4.69, 9.17) is 5.11 Å². The molecule has 1 aliphatic heterocycles. The molecule has 0 aromatic carbocycles. The van der Waals surface area contributed by atoms with E-state index in [0.717, 1.165) is 6.54 Å². The Morgan fingerprint density at radius 1 is 1.47 bits per heavy atom. The Kier molecular flexibility index (Phi) is 10.5. The fourth-order valence-corrected chi connectivity index (χ4v) is 1.08. The highest BCUT2D eigenvalue weighted by Crippen LogP contribution is 2.09. The Labute approximate surface area is 108 Å². The summed E-state index contributed by atoms with van der Waals surface area (Å²) in [5.41, 5.74) is 1.48. The molecule has 0 radical (unpaired) electrons. The van der Waals surface area contributed by atoms with Gasteiger partial charge in [-0.1, -0.05) is 19.9 Å². The quantitative estimate of drug-likeness (QED) is 0.764. The van der Waals surface area contributed by atoms with Crippen LogP contribution in [-0.2, 0) is 9.59 Å². The van der Waals surface area contributed by atoms with Crippen molar-refractivity contribution in [2.45, 2.75) is 27.2 Å². The molecule has 0 aromatic rings. The van der Waals surface area contributed by atoms with Crippen LogP contribution in [0.1, 0.15) is 27.2 Å². The van der Waals surface area contributed by atoms with Gasteiger partial charge >= 0.3 is 5.97 Å². The number of carbonyl (C=O) groups excluding carboxylic acids is 1. The van der Waals surface area contributed by atoms with Crippen molar-refractivity contribution in [1.82, 2.24) is 5.32 Å². The van der Waals surface area contributed by atoms with E-state index in [1.54, 1.807) is 0 Å². The first-order valence-electron chi connectivity index (χ1n) is 5.23. The monoisotopic (exact) mass is 261 g/mol. The Morgan fingerprint density at radius 2 is 2.06 bits per heavy atom. The minimum absolute atomic E-state index is 0. The number of hydrogen-bond acceptors (Lipinski definition) is 3. The van der Waals surface area contributed by atoms with E-state index in [2.05, 4.69) is 31.3 Å². The Balaban J connectivity index is 0. The van der Waals surface area contributed by atoms with Crippen molar-refractivity contribution in [3.8, 4) is 0 Å². The predicted octanol–water partition coefficient (Wildman–Crippen LogP) is 2.16. The number of allylic oxidation sites excluding steroid dienone is 2. The molecule has 0 amide bonds. The summed E-state index contributed by atoms with van der Waals surface area (Å²) in [4.78, 5) is 19.5. The molecule has 98 valence electrons. The molecule has 0 aliphatic carbocycles. The van der Waals surface area contributed by atoms with Crippen LogP contribution in [0.3, 0.4) is 0 Å². The number of aliphatic carboxylic acids is 1. The maximum Gasteiger partial charge on any atom is 0.310 e. The third-order valence-corrected chi connectivity index (χ3v) is 1.97. The van der Waals surface area contributed by atoms with Gasteiger partial charge in [-0.25, -0.2) is 0 Å². The molecule has 1 rings (SSSR count). The Hall–Kier alpha value is -1.29. The minimum atomic E-state index is -1.06. The molecule has 5 heteroatoms. The fraction of sp³-hybridized carbons (Fsp3) is 0.500. The topological polar surface area (TPSA) is 66.4 Å². The summed E-state index contributed by atoms with van der Waals surface area (Å²) >= 11 is 0.